The summed E-state index contributed by atoms with van der Waals surface area (Å²) in [6.07, 6.45) is 0.825. The molecule has 2 unspecified atom stereocenters. The number of benzene rings is 2. The molecule has 148 valence electrons. The lowest BCUT2D eigenvalue weighted by Crippen LogP contribution is -2.18. The largest absolute Gasteiger partial charge is 0.467 e. The second kappa shape index (κ2) is 7.66. The first-order valence-electron chi connectivity index (χ1n) is 9.38. The minimum absolute atomic E-state index is 0.144. The van der Waals surface area contributed by atoms with Gasteiger partial charge >= 0.3 is 11.9 Å². The molecule has 2 aromatic rings. The molecule has 0 aliphatic carbocycles. The third kappa shape index (κ3) is 4.03. The average molecular weight is 381 g/mol. The van der Waals surface area contributed by atoms with Crippen LogP contribution in [0.4, 0.5) is 5.69 Å². The quantitative estimate of drug-likeness (QED) is 0.586. The van der Waals surface area contributed by atoms with Gasteiger partial charge in [0.05, 0.1) is 14.2 Å². The monoisotopic (exact) mass is 381 g/mol. The Balaban J connectivity index is 1.71. The number of hydrogen-bond donors (Lipinski definition) is 0. The van der Waals surface area contributed by atoms with Crippen LogP contribution in [0.1, 0.15) is 37.5 Å². The van der Waals surface area contributed by atoms with Crippen LogP contribution in [0.2, 0.25) is 0 Å². The van der Waals surface area contributed by atoms with Crippen molar-refractivity contribution in [1.82, 2.24) is 0 Å². The molecule has 5 nitrogen and oxygen atoms in total. The first kappa shape index (κ1) is 19.9. The number of esters is 2. The van der Waals surface area contributed by atoms with Crippen molar-refractivity contribution >= 4 is 17.6 Å². The normalized spacial score (nSPS) is 18.5. The molecule has 2 atom stereocenters. The fraction of sp³-hybridized carbons (Fsp3) is 0.391. The molecule has 0 saturated carbocycles. The van der Waals surface area contributed by atoms with Crippen molar-refractivity contribution in [3.05, 3.63) is 65.2 Å². The minimum atomic E-state index is -0.617. The Kier molecular flexibility index (Phi) is 5.45. The van der Waals surface area contributed by atoms with Gasteiger partial charge in [-0.25, -0.2) is 9.59 Å². The highest BCUT2D eigenvalue weighted by Gasteiger charge is 2.59. The predicted octanol–water partition coefficient (Wildman–Crippen LogP) is 3.48. The first-order valence-corrected chi connectivity index (χ1v) is 9.38. The molecule has 0 radical (unpaired) electrons. The van der Waals surface area contributed by atoms with Gasteiger partial charge in [-0.2, -0.15) is 0 Å². The molecular weight excluding hydrogens is 354 g/mol. The second-order valence-corrected chi connectivity index (χ2v) is 8.13. The lowest BCUT2D eigenvalue weighted by molar-refractivity contribution is -0.144. The van der Waals surface area contributed by atoms with Crippen molar-refractivity contribution in [1.29, 1.82) is 0 Å². The number of nitrogens with zero attached hydrogens (tertiary/aromatic N) is 1. The number of rotatable bonds is 5. The molecule has 0 amide bonds. The van der Waals surface area contributed by atoms with E-state index < -0.39 is 24.0 Å². The number of carbonyl (C=O) groups excluding carboxylic acids is 2. The van der Waals surface area contributed by atoms with E-state index in [-0.39, 0.29) is 5.41 Å². The molecule has 1 aliphatic heterocycles. The van der Waals surface area contributed by atoms with E-state index in [0.29, 0.717) is 0 Å². The van der Waals surface area contributed by atoms with Gasteiger partial charge in [0.2, 0.25) is 0 Å². The molecule has 3 rings (SSSR count). The summed E-state index contributed by atoms with van der Waals surface area (Å²) in [5.74, 6) is -0.864. The Morgan fingerprint density at radius 2 is 1.25 bits per heavy atom. The van der Waals surface area contributed by atoms with Gasteiger partial charge in [0.25, 0.3) is 0 Å². The average Bonchev–Trinajstić information content (AvgIpc) is 3.42. The molecule has 0 spiro atoms. The molecule has 5 heteroatoms. The smallest absolute Gasteiger partial charge is 0.331 e. The van der Waals surface area contributed by atoms with E-state index in [9.17, 15) is 9.59 Å². The van der Waals surface area contributed by atoms with Crippen molar-refractivity contribution in [3.8, 4) is 0 Å². The van der Waals surface area contributed by atoms with E-state index in [1.807, 2.05) is 24.3 Å². The molecule has 0 aromatic heterocycles. The third-order valence-electron chi connectivity index (χ3n) is 5.16. The minimum Gasteiger partial charge on any atom is -0.467 e. The van der Waals surface area contributed by atoms with Gasteiger partial charge in [-0.3, -0.25) is 0 Å². The molecule has 1 heterocycles. The van der Waals surface area contributed by atoms with Gasteiger partial charge in [0, 0.05) is 5.69 Å². The van der Waals surface area contributed by atoms with Gasteiger partial charge in [-0.15, -0.1) is 0 Å². The van der Waals surface area contributed by atoms with Crippen LogP contribution in [0.5, 0.6) is 0 Å². The van der Waals surface area contributed by atoms with Crippen LogP contribution >= 0.6 is 0 Å². The van der Waals surface area contributed by atoms with Crippen LogP contribution in [0.15, 0.2) is 48.5 Å². The molecule has 2 aromatic carbocycles. The first-order chi connectivity index (χ1) is 13.3. The maximum Gasteiger partial charge on any atom is 0.331 e. The summed E-state index contributed by atoms with van der Waals surface area (Å²) in [6, 6.07) is 15.4. The Morgan fingerprint density at radius 1 is 0.821 bits per heavy atom. The Bertz CT molecular complexity index is 828. The Morgan fingerprint density at radius 3 is 1.64 bits per heavy atom. The lowest BCUT2D eigenvalue weighted by Gasteiger charge is -2.19. The van der Waals surface area contributed by atoms with Gasteiger partial charge < -0.3 is 14.4 Å². The summed E-state index contributed by atoms with van der Waals surface area (Å²) in [6.45, 7) is 6.62. The lowest BCUT2D eigenvalue weighted by atomic mass is 9.86. The van der Waals surface area contributed by atoms with Crippen LogP contribution in [0, 0.1) is 0 Å². The maximum absolute atomic E-state index is 11.9. The Labute approximate surface area is 166 Å². The van der Waals surface area contributed by atoms with Crippen molar-refractivity contribution in [3.63, 3.8) is 0 Å². The van der Waals surface area contributed by atoms with Gasteiger partial charge in [0.15, 0.2) is 12.1 Å². The van der Waals surface area contributed by atoms with Crippen LogP contribution in [0.25, 0.3) is 0 Å². The highest BCUT2D eigenvalue weighted by molar-refractivity contribution is 6.00. The van der Waals surface area contributed by atoms with Gasteiger partial charge in [-0.1, -0.05) is 57.2 Å². The summed E-state index contributed by atoms with van der Waals surface area (Å²) in [5.41, 5.74) is 4.67. The van der Waals surface area contributed by atoms with Gasteiger partial charge in [0.1, 0.15) is 0 Å². The van der Waals surface area contributed by atoms with E-state index in [1.165, 1.54) is 30.9 Å². The molecule has 28 heavy (non-hydrogen) atoms. The fourth-order valence-corrected chi connectivity index (χ4v) is 3.42. The number of methoxy groups -OCH3 is 2. The molecule has 1 saturated heterocycles. The summed E-state index contributed by atoms with van der Waals surface area (Å²) >= 11 is 0. The van der Waals surface area contributed by atoms with E-state index in [2.05, 4.69) is 45.0 Å². The van der Waals surface area contributed by atoms with Crippen LogP contribution in [0.3, 0.4) is 0 Å². The Hall–Kier alpha value is -2.82. The predicted molar refractivity (Wildman–Crippen MR) is 108 cm³/mol. The fourth-order valence-electron chi connectivity index (χ4n) is 3.42. The number of hydrogen-bond acceptors (Lipinski definition) is 5. The standard InChI is InChI=1S/C23H27NO4/c1-23(2,3)17-10-6-15(7-11-17)14-16-8-12-18(13-9-16)24-19(21(25)27-4)20(24)22(26)28-5/h6-13,19-20H,14H2,1-5H3. The zero-order valence-corrected chi connectivity index (χ0v) is 17.1. The maximum atomic E-state index is 11.9. The summed E-state index contributed by atoms with van der Waals surface area (Å²) in [5, 5.41) is 0. The topological polar surface area (TPSA) is 55.6 Å². The highest BCUT2D eigenvalue weighted by atomic mass is 16.5. The van der Waals surface area contributed by atoms with Crippen molar-refractivity contribution in [2.24, 2.45) is 0 Å². The van der Waals surface area contributed by atoms with E-state index in [4.69, 9.17) is 9.47 Å². The molecule has 0 N–H and O–H groups in total. The second-order valence-electron chi connectivity index (χ2n) is 8.13. The van der Waals surface area contributed by atoms with Crippen molar-refractivity contribution in [2.75, 3.05) is 19.1 Å². The number of ether oxygens (including phenoxy) is 2. The highest BCUT2D eigenvalue weighted by Crippen LogP contribution is 2.37. The molecule has 1 aliphatic rings. The third-order valence-corrected chi connectivity index (χ3v) is 5.16. The summed E-state index contributed by atoms with van der Waals surface area (Å²) in [7, 11) is 2.64. The number of carbonyl (C=O) groups is 2. The van der Waals surface area contributed by atoms with E-state index in [0.717, 1.165) is 12.1 Å². The van der Waals surface area contributed by atoms with E-state index >= 15 is 0 Å². The van der Waals surface area contributed by atoms with Crippen LogP contribution in [-0.4, -0.2) is 38.2 Å². The number of anilines is 1. The molecular formula is C23H27NO4. The van der Waals surface area contributed by atoms with Crippen LogP contribution in [-0.2, 0) is 30.9 Å². The zero-order valence-electron chi connectivity index (χ0n) is 17.1. The zero-order chi connectivity index (χ0) is 20.5. The van der Waals surface area contributed by atoms with Gasteiger partial charge in [-0.05, 0) is 40.7 Å². The van der Waals surface area contributed by atoms with Crippen LogP contribution < -0.4 is 4.90 Å². The molecule has 0 bridgehead atoms. The van der Waals surface area contributed by atoms with Crippen molar-refractivity contribution in [2.45, 2.75) is 44.7 Å². The van der Waals surface area contributed by atoms with Crippen molar-refractivity contribution < 1.29 is 19.1 Å². The molecule has 1 fully saturated rings. The SMILES string of the molecule is COC(=O)C1C(C(=O)OC)N1c1ccc(Cc2ccc(C(C)(C)C)cc2)cc1. The summed E-state index contributed by atoms with van der Waals surface area (Å²) in [4.78, 5) is 25.6. The van der Waals surface area contributed by atoms with E-state index in [1.54, 1.807) is 4.90 Å². The summed E-state index contributed by atoms with van der Waals surface area (Å²) < 4.78 is 9.60.